The summed E-state index contributed by atoms with van der Waals surface area (Å²) in [5, 5.41) is 3.57. The predicted molar refractivity (Wildman–Crippen MR) is 80.5 cm³/mol. The Labute approximate surface area is 129 Å². The molecule has 0 aliphatic heterocycles. The first-order chi connectivity index (χ1) is 8.28. The zero-order chi connectivity index (χ0) is 13.8. The Bertz CT molecular complexity index is 433. The van der Waals surface area contributed by atoms with Gasteiger partial charge < -0.3 is 15.8 Å². The van der Waals surface area contributed by atoms with Crippen molar-refractivity contribution in [1.82, 2.24) is 5.32 Å². The zero-order valence-electron chi connectivity index (χ0n) is 10.7. The Morgan fingerprint density at radius 3 is 2.63 bits per heavy atom. The molecule has 1 aromatic rings. The molecule has 0 saturated heterocycles. The minimum Gasteiger partial charge on any atom is -0.482 e. The topological polar surface area (TPSA) is 64.3 Å². The Hall–Kier alpha value is -0.680. The van der Waals surface area contributed by atoms with Gasteiger partial charge in [0.15, 0.2) is 6.61 Å². The lowest BCUT2D eigenvalue weighted by molar-refractivity contribution is -0.123. The number of nitrogens with two attached hydrogens (primary N) is 1. The van der Waals surface area contributed by atoms with Gasteiger partial charge in [0.1, 0.15) is 5.75 Å². The number of nitrogens with one attached hydrogen (secondary N) is 1. The first kappa shape index (κ1) is 18.3. The van der Waals surface area contributed by atoms with Gasteiger partial charge in [-0.3, -0.25) is 4.79 Å². The molecule has 0 heterocycles. The molecule has 0 aromatic heterocycles. The van der Waals surface area contributed by atoms with Gasteiger partial charge in [0.25, 0.3) is 5.91 Å². The van der Waals surface area contributed by atoms with Crippen molar-refractivity contribution < 1.29 is 9.53 Å². The minimum atomic E-state index is -0.455. The summed E-state index contributed by atoms with van der Waals surface area (Å²) < 4.78 is 5.28. The second-order valence-corrected chi connectivity index (χ2v) is 5.47. The van der Waals surface area contributed by atoms with E-state index in [0.717, 1.165) is 0 Å². The summed E-state index contributed by atoms with van der Waals surface area (Å²) in [6, 6.07) is 4.82. The van der Waals surface area contributed by atoms with Gasteiger partial charge in [0.05, 0.1) is 5.02 Å². The Morgan fingerprint density at radius 2 is 2.05 bits per heavy atom. The predicted octanol–water partition coefficient (Wildman–Crippen LogP) is 2.65. The Morgan fingerprint density at radius 1 is 1.42 bits per heavy atom. The van der Waals surface area contributed by atoms with Gasteiger partial charge in [-0.2, -0.15) is 0 Å². The highest BCUT2D eigenvalue weighted by Gasteiger charge is 2.13. The molecule has 0 unspecified atom stereocenters. The second kappa shape index (κ2) is 7.80. The van der Waals surface area contributed by atoms with Crippen LogP contribution < -0.4 is 15.8 Å². The second-order valence-electron chi connectivity index (χ2n) is 4.63. The molecule has 19 heavy (non-hydrogen) atoms. The van der Waals surface area contributed by atoms with Gasteiger partial charge in [-0.05, 0) is 26.0 Å². The van der Waals surface area contributed by atoms with Crippen molar-refractivity contribution in [2.24, 2.45) is 5.73 Å². The van der Waals surface area contributed by atoms with Crippen molar-refractivity contribution in [1.29, 1.82) is 0 Å². The fourth-order valence-electron chi connectivity index (χ4n) is 1.11. The van der Waals surface area contributed by atoms with Gasteiger partial charge in [-0.1, -0.05) is 23.2 Å². The first-order valence-electron chi connectivity index (χ1n) is 5.41. The van der Waals surface area contributed by atoms with Crippen LogP contribution in [-0.2, 0) is 4.79 Å². The molecule has 0 aliphatic rings. The molecule has 0 fully saturated rings. The quantitative estimate of drug-likeness (QED) is 0.874. The van der Waals surface area contributed by atoms with E-state index in [0.29, 0.717) is 22.3 Å². The molecule has 1 rings (SSSR count). The number of benzene rings is 1. The van der Waals surface area contributed by atoms with Crippen LogP contribution in [0, 0.1) is 0 Å². The van der Waals surface area contributed by atoms with Crippen molar-refractivity contribution in [3.63, 3.8) is 0 Å². The van der Waals surface area contributed by atoms with Crippen LogP contribution >= 0.6 is 35.6 Å². The fraction of sp³-hybridized carbons (Fsp3) is 0.417. The number of carbonyl (C=O) groups excluding carboxylic acids is 1. The average molecular weight is 328 g/mol. The number of halogens is 3. The number of carbonyl (C=O) groups is 1. The van der Waals surface area contributed by atoms with E-state index >= 15 is 0 Å². The lowest BCUT2D eigenvalue weighted by Gasteiger charge is -2.19. The van der Waals surface area contributed by atoms with E-state index in [1.165, 1.54) is 0 Å². The normalized spacial score (nSPS) is 10.6. The third kappa shape index (κ3) is 7.47. The minimum absolute atomic E-state index is 0. The summed E-state index contributed by atoms with van der Waals surface area (Å²) in [5.74, 6) is 0.121. The monoisotopic (exact) mass is 326 g/mol. The molecule has 7 heteroatoms. The van der Waals surface area contributed by atoms with E-state index < -0.39 is 5.54 Å². The maximum absolute atomic E-state index is 11.5. The van der Waals surface area contributed by atoms with E-state index in [1.54, 1.807) is 18.2 Å². The van der Waals surface area contributed by atoms with Gasteiger partial charge in [-0.25, -0.2) is 0 Å². The number of rotatable bonds is 5. The van der Waals surface area contributed by atoms with Crippen molar-refractivity contribution >= 4 is 41.5 Å². The van der Waals surface area contributed by atoms with Crippen LogP contribution in [0.4, 0.5) is 0 Å². The molecule has 0 bridgehead atoms. The molecule has 3 N–H and O–H groups in total. The molecule has 0 atom stereocenters. The number of hydrogen-bond donors (Lipinski definition) is 2. The average Bonchev–Trinajstić information content (AvgIpc) is 2.26. The summed E-state index contributed by atoms with van der Waals surface area (Å²) >= 11 is 11.7. The van der Waals surface area contributed by atoms with E-state index in [1.807, 2.05) is 13.8 Å². The van der Waals surface area contributed by atoms with Crippen LogP contribution in [0.5, 0.6) is 5.75 Å². The highest BCUT2D eigenvalue weighted by Crippen LogP contribution is 2.27. The molecule has 4 nitrogen and oxygen atoms in total. The van der Waals surface area contributed by atoms with Crippen LogP contribution in [0.15, 0.2) is 18.2 Å². The highest BCUT2D eigenvalue weighted by atomic mass is 35.5. The van der Waals surface area contributed by atoms with Crippen molar-refractivity contribution in [2.75, 3.05) is 13.2 Å². The van der Waals surface area contributed by atoms with E-state index in [-0.39, 0.29) is 24.9 Å². The smallest absolute Gasteiger partial charge is 0.258 e. The van der Waals surface area contributed by atoms with E-state index in [2.05, 4.69) is 5.32 Å². The van der Waals surface area contributed by atoms with Crippen molar-refractivity contribution in [3.8, 4) is 5.75 Å². The van der Waals surface area contributed by atoms with Crippen molar-refractivity contribution in [2.45, 2.75) is 19.4 Å². The third-order valence-electron chi connectivity index (χ3n) is 1.99. The molecular weight excluding hydrogens is 311 g/mol. The van der Waals surface area contributed by atoms with Crippen LogP contribution in [0.2, 0.25) is 10.0 Å². The molecule has 0 aliphatic carbocycles. The summed E-state index contributed by atoms with van der Waals surface area (Å²) in [5.41, 5.74) is 5.29. The van der Waals surface area contributed by atoms with Gasteiger partial charge in [0, 0.05) is 23.2 Å². The maximum atomic E-state index is 11.5. The standard InChI is InChI=1S/C12H16Cl2N2O2.ClH/c1-12(2,15)7-16-11(17)6-18-10-5-8(13)3-4-9(10)14;/h3-5H,6-7,15H2,1-2H3,(H,16,17);1H. The summed E-state index contributed by atoms with van der Waals surface area (Å²) in [6.45, 7) is 3.89. The summed E-state index contributed by atoms with van der Waals surface area (Å²) in [7, 11) is 0. The Kier molecular flexibility index (Phi) is 7.52. The van der Waals surface area contributed by atoms with Gasteiger partial charge in [-0.15, -0.1) is 12.4 Å². The van der Waals surface area contributed by atoms with Crippen LogP contribution in [0.25, 0.3) is 0 Å². The number of hydrogen-bond acceptors (Lipinski definition) is 3. The van der Waals surface area contributed by atoms with E-state index in [9.17, 15) is 4.79 Å². The molecule has 1 amide bonds. The lowest BCUT2D eigenvalue weighted by Crippen LogP contribution is -2.46. The molecule has 0 saturated carbocycles. The zero-order valence-corrected chi connectivity index (χ0v) is 13.0. The maximum Gasteiger partial charge on any atom is 0.258 e. The molecule has 0 spiro atoms. The number of ether oxygens (including phenoxy) is 1. The molecule has 0 radical (unpaired) electrons. The van der Waals surface area contributed by atoms with Gasteiger partial charge >= 0.3 is 0 Å². The number of amides is 1. The molecule has 108 valence electrons. The lowest BCUT2D eigenvalue weighted by atomic mass is 10.1. The van der Waals surface area contributed by atoms with Crippen LogP contribution in [0.1, 0.15) is 13.8 Å². The largest absolute Gasteiger partial charge is 0.482 e. The van der Waals surface area contributed by atoms with Crippen molar-refractivity contribution in [3.05, 3.63) is 28.2 Å². The SMILES string of the molecule is CC(C)(N)CNC(=O)COc1cc(Cl)ccc1Cl.Cl. The van der Waals surface area contributed by atoms with Crippen LogP contribution in [-0.4, -0.2) is 24.6 Å². The van der Waals surface area contributed by atoms with Crippen LogP contribution in [0.3, 0.4) is 0 Å². The highest BCUT2D eigenvalue weighted by molar-refractivity contribution is 6.34. The van der Waals surface area contributed by atoms with E-state index in [4.69, 9.17) is 33.7 Å². The summed E-state index contributed by atoms with van der Waals surface area (Å²) in [6.07, 6.45) is 0. The molecule has 1 aromatic carbocycles. The van der Waals surface area contributed by atoms with Gasteiger partial charge in [0.2, 0.25) is 0 Å². The Balaban J connectivity index is 0.00000324. The third-order valence-corrected chi connectivity index (χ3v) is 2.54. The fourth-order valence-corrected chi connectivity index (χ4v) is 1.44. The molecular formula is C12H17Cl3N2O2. The summed E-state index contributed by atoms with van der Waals surface area (Å²) in [4.78, 5) is 11.5. The first-order valence-corrected chi connectivity index (χ1v) is 6.17.